The van der Waals surface area contributed by atoms with Crippen molar-refractivity contribution in [2.45, 2.75) is 20.8 Å². The SMILES string of the molecule is C=C/C=C(\C=C/C)NC(=O)C(C)C. The summed E-state index contributed by atoms with van der Waals surface area (Å²) in [6, 6.07) is 0. The van der Waals surface area contributed by atoms with E-state index in [-0.39, 0.29) is 11.8 Å². The average molecular weight is 179 g/mol. The molecular formula is C11H17NO. The van der Waals surface area contributed by atoms with Crippen LogP contribution >= 0.6 is 0 Å². The molecule has 0 bridgehead atoms. The van der Waals surface area contributed by atoms with Gasteiger partial charge in [-0.1, -0.05) is 32.6 Å². The fourth-order valence-corrected chi connectivity index (χ4v) is 0.732. The third kappa shape index (κ3) is 5.01. The maximum atomic E-state index is 11.3. The van der Waals surface area contributed by atoms with Crippen molar-refractivity contribution in [3.8, 4) is 0 Å². The van der Waals surface area contributed by atoms with Crippen LogP contribution in [0, 0.1) is 5.92 Å². The molecule has 0 atom stereocenters. The van der Waals surface area contributed by atoms with Crippen LogP contribution in [0.2, 0.25) is 0 Å². The van der Waals surface area contributed by atoms with E-state index in [1.807, 2.05) is 32.9 Å². The number of amides is 1. The van der Waals surface area contributed by atoms with Gasteiger partial charge in [0.05, 0.1) is 0 Å². The van der Waals surface area contributed by atoms with E-state index in [0.29, 0.717) is 0 Å². The Balaban J connectivity index is 4.35. The van der Waals surface area contributed by atoms with Gasteiger partial charge in [-0.15, -0.1) is 0 Å². The van der Waals surface area contributed by atoms with E-state index in [9.17, 15) is 4.79 Å². The first-order valence-corrected chi connectivity index (χ1v) is 4.38. The minimum Gasteiger partial charge on any atom is -0.326 e. The lowest BCUT2D eigenvalue weighted by Crippen LogP contribution is -2.26. The molecular weight excluding hydrogens is 162 g/mol. The first-order chi connectivity index (χ1) is 6.11. The van der Waals surface area contributed by atoms with Gasteiger partial charge in [0.15, 0.2) is 0 Å². The lowest BCUT2D eigenvalue weighted by atomic mass is 10.2. The lowest BCUT2D eigenvalue weighted by Gasteiger charge is -2.07. The second-order valence-electron chi connectivity index (χ2n) is 3.00. The van der Waals surface area contributed by atoms with Crippen molar-refractivity contribution in [2.24, 2.45) is 5.92 Å². The quantitative estimate of drug-likeness (QED) is 0.660. The molecule has 13 heavy (non-hydrogen) atoms. The zero-order valence-corrected chi connectivity index (χ0v) is 8.50. The molecule has 0 aromatic heterocycles. The Morgan fingerprint density at radius 3 is 2.46 bits per heavy atom. The number of carbonyl (C=O) groups excluding carboxylic acids is 1. The summed E-state index contributed by atoms with van der Waals surface area (Å²) in [5.41, 5.74) is 0.774. The Labute approximate surface area is 80.0 Å². The van der Waals surface area contributed by atoms with Gasteiger partial charge >= 0.3 is 0 Å². The maximum absolute atomic E-state index is 11.3. The third-order valence-electron chi connectivity index (χ3n) is 1.44. The third-order valence-corrected chi connectivity index (χ3v) is 1.44. The Bertz CT molecular complexity index is 236. The van der Waals surface area contributed by atoms with Crippen LogP contribution in [-0.4, -0.2) is 5.91 Å². The van der Waals surface area contributed by atoms with E-state index in [1.54, 1.807) is 12.2 Å². The lowest BCUT2D eigenvalue weighted by molar-refractivity contribution is -0.123. The van der Waals surface area contributed by atoms with Gasteiger partial charge in [-0.3, -0.25) is 4.79 Å². The van der Waals surface area contributed by atoms with Crippen LogP contribution in [0.25, 0.3) is 0 Å². The van der Waals surface area contributed by atoms with Crippen LogP contribution in [0.15, 0.2) is 36.6 Å². The Morgan fingerprint density at radius 1 is 1.46 bits per heavy atom. The van der Waals surface area contributed by atoms with Crippen molar-refractivity contribution in [2.75, 3.05) is 0 Å². The second-order valence-corrected chi connectivity index (χ2v) is 3.00. The molecule has 1 N–H and O–H groups in total. The molecule has 0 heterocycles. The van der Waals surface area contributed by atoms with Crippen molar-refractivity contribution < 1.29 is 4.79 Å². The molecule has 1 amide bonds. The van der Waals surface area contributed by atoms with Crippen LogP contribution in [-0.2, 0) is 4.79 Å². The summed E-state index contributed by atoms with van der Waals surface area (Å²) in [6.07, 6.45) is 7.12. The van der Waals surface area contributed by atoms with Crippen LogP contribution in [0.1, 0.15) is 20.8 Å². The second kappa shape index (κ2) is 6.23. The monoisotopic (exact) mass is 179 g/mol. The Morgan fingerprint density at radius 2 is 2.08 bits per heavy atom. The highest BCUT2D eigenvalue weighted by Crippen LogP contribution is 1.97. The van der Waals surface area contributed by atoms with Crippen LogP contribution in [0.5, 0.6) is 0 Å². The fraction of sp³-hybridized carbons (Fsp3) is 0.364. The van der Waals surface area contributed by atoms with Crippen LogP contribution < -0.4 is 5.32 Å². The van der Waals surface area contributed by atoms with E-state index in [0.717, 1.165) is 5.70 Å². The summed E-state index contributed by atoms with van der Waals surface area (Å²) in [7, 11) is 0. The smallest absolute Gasteiger partial charge is 0.226 e. The molecule has 0 unspecified atom stereocenters. The number of nitrogens with one attached hydrogen (secondary N) is 1. The number of hydrogen-bond donors (Lipinski definition) is 1. The molecule has 0 spiro atoms. The molecule has 0 fully saturated rings. The summed E-state index contributed by atoms with van der Waals surface area (Å²) in [6.45, 7) is 9.19. The topological polar surface area (TPSA) is 29.1 Å². The highest BCUT2D eigenvalue weighted by Gasteiger charge is 2.06. The number of carbonyl (C=O) groups is 1. The van der Waals surface area contributed by atoms with Gasteiger partial charge in [0, 0.05) is 11.6 Å². The predicted molar refractivity (Wildman–Crippen MR) is 56.1 cm³/mol. The maximum Gasteiger partial charge on any atom is 0.226 e. The van der Waals surface area contributed by atoms with Gasteiger partial charge in [-0.05, 0) is 19.1 Å². The van der Waals surface area contributed by atoms with Gasteiger partial charge in [-0.2, -0.15) is 0 Å². The number of allylic oxidation sites excluding steroid dienone is 4. The molecule has 2 nitrogen and oxygen atoms in total. The molecule has 0 aliphatic carbocycles. The van der Waals surface area contributed by atoms with Gasteiger partial charge in [0.25, 0.3) is 0 Å². The molecule has 72 valence electrons. The zero-order chi connectivity index (χ0) is 10.3. The van der Waals surface area contributed by atoms with Crippen LogP contribution in [0.3, 0.4) is 0 Å². The van der Waals surface area contributed by atoms with E-state index in [2.05, 4.69) is 11.9 Å². The Hall–Kier alpha value is -1.31. The standard InChI is InChI=1S/C11H17NO/c1-5-7-10(8-6-2)12-11(13)9(3)4/h5-9H,1H2,2-4H3,(H,12,13)/b8-6-,10-7+. The van der Waals surface area contributed by atoms with Crippen molar-refractivity contribution >= 4 is 5.91 Å². The molecule has 0 radical (unpaired) electrons. The molecule has 2 heteroatoms. The molecule has 0 aliphatic rings. The highest BCUT2D eigenvalue weighted by atomic mass is 16.1. The molecule has 0 aromatic rings. The molecule has 0 aromatic carbocycles. The molecule has 0 rings (SSSR count). The van der Waals surface area contributed by atoms with Gasteiger partial charge in [0.2, 0.25) is 5.91 Å². The fourth-order valence-electron chi connectivity index (χ4n) is 0.732. The minimum atomic E-state index is -0.00142. The summed E-state index contributed by atoms with van der Waals surface area (Å²) in [4.78, 5) is 11.3. The molecule has 0 aliphatic heterocycles. The zero-order valence-electron chi connectivity index (χ0n) is 8.50. The van der Waals surface area contributed by atoms with E-state index < -0.39 is 0 Å². The summed E-state index contributed by atoms with van der Waals surface area (Å²) in [5, 5.41) is 2.78. The molecule has 0 saturated carbocycles. The van der Waals surface area contributed by atoms with Gasteiger partial charge < -0.3 is 5.32 Å². The minimum absolute atomic E-state index is 0.00142. The van der Waals surface area contributed by atoms with E-state index in [4.69, 9.17) is 0 Å². The van der Waals surface area contributed by atoms with Crippen LogP contribution in [0.4, 0.5) is 0 Å². The summed E-state index contributed by atoms with van der Waals surface area (Å²) in [5.74, 6) is 0.0182. The largest absolute Gasteiger partial charge is 0.326 e. The van der Waals surface area contributed by atoms with Crippen molar-refractivity contribution in [3.05, 3.63) is 36.6 Å². The van der Waals surface area contributed by atoms with E-state index in [1.165, 1.54) is 0 Å². The average Bonchev–Trinajstić information content (AvgIpc) is 2.05. The first kappa shape index (κ1) is 11.7. The number of rotatable bonds is 4. The summed E-state index contributed by atoms with van der Waals surface area (Å²) >= 11 is 0. The van der Waals surface area contributed by atoms with E-state index >= 15 is 0 Å². The predicted octanol–water partition coefficient (Wildman–Crippen LogP) is 2.40. The van der Waals surface area contributed by atoms with Gasteiger partial charge in [-0.25, -0.2) is 0 Å². The Kier molecular flexibility index (Phi) is 5.60. The molecule has 0 saturated heterocycles. The number of hydrogen-bond acceptors (Lipinski definition) is 1. The highest BCUT2D eigenvalue weighted by molar-refractivity contribution is 5.80. The van der Waals surface area contributed by atoms with Gasteiger partial charge in [0.1, 0.15) is 0 Å². The summed E-state index contributed by atoms with van der Waals surface area (Å²) < 4.78 is 0. The van der Waals surface area contributed by atoms with Crippen molar-refractivity contribution in [1.82, 2.24) is 5.32 Å². The van der Waals surface area contributed by atoms with Crippen molar-refractivity contribution in [3.63, 3.8) is 0 Å². The normalized spacial score (nSPS) is 12.2. The first-order valence-electron chi connectivity index (χ1n) is 4.38. The van der Waals surface area contributed by atoms with Crippen molar-refractivity contribution in [1.29, 1.82) is 0 Å².